The van der Waals surface area contributed by atoms with E-state index in [1.54, 1.807) is 13.0 Å². The molecular formula is C15H18N2O5S. The fourth-order valence-electron chi connectivity index (χ4n) is 2.41. The minimum atomic E-state index is -0.780. The van der Waals surface area contributed by atoms with Crippen molar-refractivity contribution < 1.29 is 19.2 Å². The van der Waals surface area contributed by atoms with Gasteiger partial charge in [0.15, 0.2) is 0 Å². The predicted octanol–water partition coefficient (Wildman–Crippen LogP) is 2.48. The fraction of sp³-hybridized carbons (Fsp3) is 0.467. The Bertz CT molecular complexity index is 645. The third-order valence-electron chi connectivity index (χ3n) is 3.77. The molecule has 7 nitrogen and oxygen atoms in total. The van der Waals surface area contributed by atoms with Crippen molar-refractivity contribution in [1.29, 1.82) is 0 Å². The van der Waals surface area contributed by atoms with Gasteiger partial charge in [-0.3, -0.25) is 14.9 Å². The Morgan fingerprint density at radius 3 is 2.57 bits per heavy atom. The summed E-state index contributed by atoms with van der Waals surface area (Å²) in [5.74, 6) is -1.04. The summed E-state index contributed by atoms with van der Waals surface area (Å²) in [6, 6.07) is 3.58. The number of ether oxygens (including phenoxy) is 1. The summed E-state index contributed by atoms with van der Waals surface area (Å²) in [4.78, 5) is 37.5. The molecule has 8 heteroatoms. The van der Waals surface area contributed by atoms with Crippen LogP contribution in [0.15, 0.2) is 23.1 Å². The molecule has 1 aliphatic carbocycles. The van der Waals surface area contributed by atoms with E-state index in [4.69, 9.17) is 4.74 Å². The molecule has 1 saturated carbocycles. The second-order valence-electron chi connectivity index (χ2n) is 5.28. The summed E-state index contributed by atoms with van der Waals surface area (Å²) >= 11 is 1.39. The number of nitrogens with zero attached hydrogens (tertiary/aromatic N) is 2. The number of hydrogen-bond donors (Lipinski definition) is 0. The number of nitro benzene ring substituents is 1. The number of rotatable bonds is 6. The second kappa shape index (κ2) is 6.99. The van der Waals surface area contributed by atoms with Crippen molar-refractivity contribution in [2.45, 2.75) is 36.7 Å². The van der Waals surface area contributed by atoms with Gasteiger partial charge in [0.25, 0.3) is 11.6 Å². The fourth-order valence-corrected chi connectivity index (χ4v) is 2.85. The van der Waals surface area contributed by atoms with Gasteiger partial charge in [-0.1, -0.05) is 0 Å². The number of carbonyl (C=O) groups is 2. The van der Waals surface area contributed by atoms with Gasteiger partial charge in [-0.25, -0.2) is 4.79 Å². The molecule has 2 rings (SSSR count). The Labute approximate surface area is 138 Å². The molecule has 0 bridgehead atoms. The topological polar surface area (TPSA) is 89.8 Å². The second-order valence-corrected chi connectivity index (χ2v) is 6.16. The first-order chi connectivity index (χ1) is 10.9. The van der Waals surface area contributed by atoms with Crippen molar-refractivity contribution in [1.82, 2.24) is 4.90 Å². The van der Waals surface area contributed by atoms with E-state index in [1.165, 1.54) is 35.9 Å². The minimum absolute atomic E-state index is 0.00417. The van der Waals surface area contributed by atoms with Gasteiger partial charge in [0.05, 0.1) is 12.0 Å². The predicted molar refractivity (Wildman–Crippen MR) is 85.5 cm³/mol. The van der Waals surface area contributed by atoms with Gasteiger partial charge in [0.1, 0.15) is 11.6 Å². The highest BCUT2D eigenvalue weighted by Crippen LogP contribution is 2.33. The maximum absolute atomic E-state index is 12.9. The molecule has 0 unspecified atom stereocenters. The Hall–Kier alpha value is -2.09. The van der Waals surface area contributed by atoms with Crippen LogP contribution in [-0.4, -0.2) is 47.1 Å². The van der Waals surface area contributed by atoms with Crippen LogP contribution < -0.4 is 0 Å². The molecule has 1 atom stereocenters. The Morgan fingerprint density at radius 1 is 1.43 bits per heavy atom. The van der Waals surface area contributed by atoms with Crippen LogP contribution in [0.4, 0.5) is 5.69 Å². The van der Waals surface area contributed by atoms with Crippen LogP contribution in [0.3, 0.4) is 0 Å². The zero-order valence-corrected chi connectivity index (χ0v) is 14.0. The average molecular weight is 338 g/mol. The van der Waals surface area contributed by atoms with Crippen molar-refractivity contribution in [2.75, 3.05) is 13.4 Å². The monoisotopic (exact) mass is 338 g/mol. The van der Waals surface area contributed by atoms with Crippen molar-refractivity contribution in [2.24, 2.45) is 0 Å². The Balaban J connectivity index is 2.43. The van der Waals surface area contributed by atoms with Gasteiger partial charge in [0, 0.05) is 17.0 Å². The molecule has 0 heterocycles. The Morgan fingerprint density at radius 2 is 2.09 bits per heavy atom. The van der Waals surface area contributed by atoms with E-state index < -0.39 is 22.8 Å². The smallest absolute Gasteiger partial charge is 0.328 e. The van der Waals surface area contributed by atoms with Crippen LogP contribution in [0.5, 0.6) is 0 Å². The molecule has 124 valence electrons. The van der Waals surface area contributed by atoms with Crippen LogP contribution in [-0.2, 0) is 9.53 Å². The highest BCUT2D eigenvalue weighted by atomic mass is 32.2. The lowest BCUT2D eigenvalue weighted by atomic mass is 10.1. The average Bonchev–Trinajstić information content (AvgIpc) is 3.37. The highest BCUT2D eigenvalue weighted by molar-refractivity contribution is 7.98. The number of nitro groups is 1. The van der Waals surface area contributed by atoms with E-state index in [1.807, 2.05) is 6.26 Å². The number of amides is 1. The van der Waals surface area contributed by atoms with E-state index in [9.17, 15) is 19.7 Å². The summed E-state index contributed by atoms with van der Waals surface area (Å²) in [5, 5.41) is 11.2. The summed E-state index contributed by atoms with van der Waals surface area (Å²) in [6.45, 7) is 1.58. The first-order valence-electron chi connectivity index (χ1n) is 7.13. The number of methoxy groups -OCH3 is 1. The van der Waals surface area contributed by atoms with Crippen LogP contribution in [0.1, 0.15) is 30.1 Å². The van der Waals surface area contributed by atoms with E-state index in [2.05, 4.69) is 0 Å². The standard InChI is InChI=1S/C15H18N2O5S/c1-9(15(19)22-2)16(10-4-5-10)14(18)12-8-11(23-3)6-7-13(12)17(20)21/h6-10H,4-5H2,1-3H3/t9-/m1/s1. The number of hydrogen-bond acceptors (Lipinski definition) is 6. The molecule has 0 N–H and O–H groups in total. The third-order valence-corrected chi connectivity index (χ3v) is 4.49. The van der Waals surface area contributed by atoms with E-state index in [0.29, 0.717) is 0 Å². The van der Waals surface area contributed by atoms with E-state index in [-0.39, 0.29) is 17.3 Å². The van der Waals surface area contributed by atoms with Crippen LogP contribution in [0.25, 0.3) is 0 Å². The number of carbonyl (C=O) groups excluding carboxylic acids is 2. The molecule has 1 amide bonds. The first-order valence-corrected chi connectivity index (χ1v) is 8.36. The number of esters is 1. The van der Waals surface area contributed by atoms with Gasteiger partial charge >= 0.3 is 5.97 Å². The molecule has 1 fully saturated rings. The molecule has 1 aliphatic rings. The van der Waals surface area contributed by atoms with Crippen LogP contribution in [0.2, 0.25) is 0 Å². The number of benzene rings is 1. The SMILES string of the molecule is COC(=O)[C@@H](C)N(C(=O)c1cc(SC)ccc1[N+](=O)[O-])C1CC1. The van der Waals surface area contributed by atoms with Gasteiger partial charge in [0.2, 0.25) is 0 Å². The summed E-state index contributed by atoms with van der Waals surface area (Å²) in [6.07, 6.45) is 3.39. The normalized spacial score (nSPS) is 14.9. The minimum Gasteiger partial charge on any atom is -0.467 e. The molecule has 0 spiro atoms. The van der Waals surface area contributed by atoms with Crippen molar-refractivity contribution >= 4 is 29.3 Å². The number of thioether (sulfide) groups is 1. The van der Waals surface area contributed by atoms with Gasteiger partial charge < -0.3 is 9.64 Å². The molecule has 23 heavy (non-hydrogen) atoms. The lowest BCUT2D eigenvalue weighted by Crippen LogP contribution is -2.45. The zero-order chi connectivity index (χ0) is 17.1. The lowest BCUT2D eigenvalue weighted by Gasteiger charge is -2.27. The maximum Gasteiger partial charge on any atom is 0.328 e. The molecule has 0 aromatic heterocycles. The van der Waals surface area contributed by atoms with Crippen LogP contribution >= 0.6 is 11.8 Å². The molecule has 0 aliphatic heterocycles. The lowest BCUT2D eigenvalue weighted by molar-refractivity contribution is -0.385. The molecule has 0 saturated heterocycles. The quantitative estimate of drug-likeness (QED) is 0.343. The van der Waals surface area contributed by atoms with Gasteiger partial charge in [-0.05, 0) is 38.2 Å². The molecule has 0 radical (unpaired) electrons. The summed E-state index contributed by atoms with van der Waals surface area (Å²) < 4.78 is 4.71. The van der Waals surface area contributed by atoms with Gasteiger partial charge in [-0.15, -0.1) is 11.8 Å². The van der Waals surface area contributed by atoms with Crippen LogP contribution in [0, 0.1) is 10.1 Å². The van der Waals surface area contributed by atoms with Crippen molar-refractivity contribution in [3.05, 3.63) is 33.9 Å². The molecule has 1 aromatic rings. The molecule has 1 aromatic carbocycles. The summed E-state index contributed by atoms with van der Waals surface area (Å²) in [7, 11) is 1.26. The highest BCUT2D eigenvalue weighted by Gasteiger charge is 2.41. The van der Waals surface area contributed by atoms with Crippen molar-refractivity contribution in [3.63, 3.8) is 0 Å². The van der Waals surface area contributed by atoms with Crippen molar-refractivity contribution in [3.8, 4) is 0 Å². The van der Waals surface area contributed by atoms with E-state index >= 15 is 0 Å². The van der Waals surface area contributed by atoms with E-state index in [0.717, 1.165) is 17.7 Å². The Kier molecular flexibility index (Phi) is 5.25. The first kappa shape index (κ1) is 17.3. The molecular weight excluding hydrogens is 320 g/mol. The van der Waals surface area contributed by atoms with Gasteiger partial charge in [-0.2, -0.15) is 0 Å². The third kappa shape index (κ3) is 3.64. The maximum atomic E-state index is 12.9. The largest absolute Gasteiger partial charge is 0.467 e. The zero-order valence-electron chi connectivity index (χ0n) is 13.1. The summed E-state index contributed by atoms with van der Waals surface area (Å²) in [5.41, 5.74) is -0.250.